The molecule has 0 radical (unpaired) electrons. The van der Waals surface area contributed by atoms with Gasteiger partial charge >= 0.3 is 23.9 Å². The first kappa shape index (κ1) is 42.0. The average Bonchev–Trinajstić information content (AvgIpc) is 3.35. The second-order valence-electron chi connectivity index (χ2n) is 14.6. The van der Waals surface area contributed by atoms with Crippen LogP contribution >= 0.6 is 0 Å². The Morgan fingerprint density at radius 2 is 0.651 bits per heavy atom. The van der Waals surface area contributed by atoms with E-state index in [1.807, 2.05) is 91.0 Å². The molecule has 7 aromatic rings. The number of benzene rings is 7. The second-order valence-corrected chi connectivity index (χ2v) is 14.6. The smallest absolute Gasteiger partial charge is 0.340 e. The van der Waals surface area contributed by atoms with Gasteiger partial charge in [-0.15, -0.1) is 0 Å². The van der Waals surface area contributed by atoms with Crippen molar-refractivity contribution in [2.24, 2.45) is 0 Å². The number of esters is 4. The summed E-state index contributed by atoms with van der Waals surface area (Å²) >= 11 is 0. The lowest BCUT2D eigenvalue weighted by Crippen LogP contribution is -2.63. The van der Waals surface area contributed by atoms with Crippen LogP contribution in [0.15, 0.2) is 212 Å². The predicted molar refractivity (Wildman–Crippen MR) is 233 cm³/mol. The van der Waals surface area contributed by atoms with Crippen LogP contribution in [-0.2, 0) is 34.0 Å². The van der Waals surface area contributed by atoms with E-state index in [4.69, 9.17) is 28.4 Å². The van der Waals surface area contributed by atoms with Gasteiger partial charge in [0.05, 0.1) is 28.9 Å². The summed E-state index contributed by atoms with van der Waals surface area (Å²) in [5, 5.41) is 0. The zero-order valence-electron chi connectivity index (χ0n) is 33.9. The van der Waals surface area contributed by atoms with Crippen molar-refractivity contribution in [1.29, 1.82) is 0 Å². The predicted octanol–water partition coefficient (Wildman–Crippen LogP) is 9.25. The van der Waals surface area contributed by atoms with Gasteiger partial charge in [0.1, 0.15) is 11.7 Å². The fourth-order valence-electron chi connectivity index (χ4n) is 7.53. The Kier molecular flexibility index (Phi) is 13.2. The number of ether oxygens (including phenoxy) is 6. The minimum absolute atomic E-state index is 0.153. The van der Waals surface area contributed by atoms with Crippen molar-refractivity contribution in [2.45, 2.75) is 36.3 Å². The maximum atomic E-state index is 14.2. The maximum absolute atomic E-state index is 14.2. The number of carbonyl (C=O) groups is 4. The fourth-order valence-corrected chi connectivity index (χ4v) is 7.53. The minimum atomic E-state index is -1.72. The molecule has 5 atom stereocenters. The molecule has 0 aromatic heterocycles. The monoisotopic (exact) mass is 838 g/mol. The van der Waals surface area contributed by atoms with Gasteiger partial charge in [0.2, 0.25) is 12.4 Å². The molecule has 1 fully saturated rings. The molecule has 0 spiro atoms. The zero-order chi connectivity index (χ0) is 43.4. The molecule has 63 heavy (non-hydrogen) atoms. The summed E-state index contributed by atoms with van der Waals surface area (Å²) < 4.78 is 38.7. The third-order valence-corrected chi connectivity index (χ3v) is 10.6. The highest BCUT2D eigenvalue weighted by molar-refractivity contribution is 5.92. The molecule has 0 amide bonds. The summed E-state index contributed by atoms with van der Waals surface area (Å²) in [6.07, 6.45) is -7.88. The van der Waals surface area contributed by atoms with Gasteiger partial charge in [0, 0.05) is 0 Å². The second kappa shape index (κ2) is 19.8. The van der Waals surface area contributed by atoms with Crippen molar-refractivity contribution in [3.8, 4) is 0 Å². The molecule has 8 rings (SSSR count). The molecule has 0 bridgehead atoms. The van der Waals surface area contributed by atoms with Crippen LogP contribution in [0, 0.1) is 0 Å². The first-order valence-corrected chi connectivity index (χ1v) is 20.4. The average molecular weight is 839 g/mol. The number of hydrogen-bond donors (Lipinski definition) is 0. The van der Waals surface area contributed by atoms with Gasteiger partial charge in [-0.2, -0.15) is 0 Å². The molecule has 7 aromatic carbocycles. The van der Waals surface area contributed by atoms with Crippen LogP contribution in [0.25, 0.3) is 0 Å². The van der Waals surface area contributed by atoms with E-state index >= 15 is 0 Å². The lowest BCUT2D eigenvalue weighted by atomic mass is 9.80. The molecular formula is C53H42O10. The van der Waals surface area contributed by atoms with E-state index in [0.29, 0.717) is 0 Å². The number of carbonyl (C=O) groups excluding carboxylic acids is 4. The number of hydrogen-bond acceptors (Lipinski definition) is 10. The largest absolute Gasteiger partial charge is 0.452 e. The third kappa shape index (κ3) is 9.63. The SMILES string of the molecule is O=C(O[C@H]1O[C@H](COC(c2ccccc2)(c2ccccc2)c2ccccc2)[C@@H](OC(=O)c2ccccc2)[C@H](OC(=O)c2ccccc2)[C@H]1OC(=O)c1ccccc1)c1ccccc1. The molecule has 0 aliphatic carbocycles. The van der Waals surface area contributed by atoms with Crippen LogP contribution in [0.3, 0.4) is 0 Å². The first-order chi connectivity index (χ1) is 30.9. The van der Waals surface area contributed by atoms with E-state index in [1.54, 1.807) is 121 Å². The summed E-state index contributed by atoms with van der Waals surface area (Å²) in [4.78, 5) is 56.2. The van der Waals surface area contributed by atoms with Crippen LogP contribution in [0.1, 0.15) is 58.1 Å². The summed E-state index contributed by atoms with van der Waals surface area (Å²) in [5.41, 5.74) is 1.69. The van der Waals surface area contributed by atoms with E-state index in [0.717, 1.165) is 16.7 Å². The molecule has 1 aliphatic heterocycles. The van der Waals surface area contributed by atoms with E-state index in [-0.39, 0.29) is 28.9 Å². The van der Waals surface area contributed by atoms with Crippen molar-refractivity contribution < 1.29 is 47.6 Å². The van der Waals surface area contributed by atoms with Gasteiger partial charge in [-0.3, -0.25) is 0 Å². The fraction of sp³-hybridized carbons (Fsp3) is 0.132. The first-order valence-electron chi connectivity index (χ1n) is 20.4. The molecule has 0 unspecified atom stereocenters. The Hall–Kier alpha value is -7.66. The molecule has 10 nitrogen and oxygen atoms in total. The Labute approximate surface area is 364 Å². The van der Waals surface area contributed by atoms with Crippen molar-refractivity contribution in [3.63, 3.8) is 0 Å². The van der Waals surface area contributed by atoms with E-state index in [2.05, 4.69) is 0 Å². The summed E-state index contributed by atoms with van der Waals surface area (Å²) in [5.74, 6) is -3.28. The topological polar surface area (TPSA) is 124 Å². The third-order valence-electron chi connectivity index (χ3n) is 10.6. The van der Waals surface area contributed by atoms with Crippen LogP contribution in [-0.4, -0.2) is 61.2 Å². The lowest BCUT2D eigenvalue weighted by molar-refractivity contribution is -0.288. The standard InChI is InChI=1S/C53H42O10/c54-48(37-22-8-1-9-23-37)60-45-44(36-58-53(41-30-16-5-17-31-41,42-32-18-6-19-33-42)43-34-20-7-21-35-43)59-52(63-51(57)40-28-14-4-15-29-40)47(62-50(56)39-26-12-3-13-27-39)46(45)61-49(55)38-24-10-2-11-25-38/h1-35,44-47,52H,36H2/t44-,45-,46+,47-,52-/m1/s1. The van der Waals surface area contributed by atoms with Crippen LogP contribution in [0.5, 0.6) is 0 Å². The highest BCUT2D eigenvalue weighted by atomic mass is 16.7. The lowest BCUT2D eigenvalue weighted by Gasteiger charge is -2.45. The highest BCUT2D eigenvalue weighted by Crippen LogP contribution is 2.42. The van der Waals surface area contributed by atoms with Gasteiger partial charge in [-0.1, -0.05) is 164 Å². The molecule has 1 saturated heterocycles. The quantitative estimate of drug-likeness (QED) is 0.0595. The van der Waals surface area contributed by atoms with E-state index in [9.17, 15) is 19.2 Å². The van der Waals surface area contributed by atoms with Gasteiger partial charge in [0.25, 0.3) is 0 Å². The number of rotatable bonds is 14. The van der Waals surface area contributed by atoms with Gasteiger partial charge < -0.3 is 28.4 Å². The summed E-state index contributed by atoms with van der Waals surface area (Å²) in [6, 6.07) is 61.6. The Morgan fingerprint density at radius 1 is 0.365 bits per heavy atom. The van der Waals surface area contributed by atoms with Gasteiger partial charge in [0.15, 0.2) is 12.2 Å². The summed E-state index contributed by atoms with van der Waals surface area (Å²) in [7, 11) is 0. The van der Waals surface area contributed by atoms with Gasteiger partial charge in [-0.05, 0) is 65.2 Å². The molecule has 0 N–H and O–H groups in total. The van der Waals surface area contributed by atoms with Crippen molar-refractivity contribution >= 4 is 23.9 Å². The van der Waals surface area contributed by atoms with Crippen molar-refractivity contribution in [1.82, 2.24) is 0 Å². The normalized spacial score (nSPS) is 18.3. The van der Waals surface area contributed by atoms with Crippen molar-refractivity contribution in [2.75, 3.05) is 6.61 Å². The molecule has 1 heterocycles. The van der Waals surface area contributed by atoms with Gasteiger partial charge in [-0.25, -0.2) is 19.2 Å². The highest BCUT2D eigenvalue weighted by Gasteiger charge is 2.55. The van der Waals surface area contributed by atoms with E-state index < -0.39 is 60.2 Å². The molecule has 314 valence electrons. The zero-order valence-corrected chi connectivity index (χ0v) is 33.9. The summed E-state index contributed by atoms with van der Waals surface area (Å²) in [6.45, 7) is -0.344. The van der Waals surface area contributed by atoms with Crippen molar-refractivity contribution in [3.05, 3.63) is 251 Å². The molecule has 0 saturated carbocycles. The van der Waals surface area contributed by atoms with Crippen LogP contribution in [0.2, 0.25) is 0 Å². The molecule has 1 aliphatic rings. The maximum Gasteiger partial charge on any atom is 0.340 e. The Morgan fingerprint density at radius 3 is 1.00 bits per heavy atom. The van der Waals surface area contributed by atoms with E-state index in [1.165, 1.54) is 0 Å². The Bertz CT molecular complexity index is 2480. The molecule has 10 heteroatoms. The molecular weight excluding hydrogens is 797 g/mol. The van der Waals surface area contributed by atoms with Crippen LogP contribution in [0.4, 0.5) is 0 Å². The minimum Gasteiger partial charge on any atom is -0.452 e. The Balaban J connectivity index is 1.27. The van der Waals surface area contributed by atoms with Crippen LogP contribution < -0.4 is 0 Å².